The third kappa shape index (κ3) is 3.95. The maximum Gasteiger partial charge on any atom is 0.313 e. The van der Waals surface area contributed by atoms with Gasteiger partial charge in [-0.2, -0.15) is 0 Å². The Balaban J connectivity index is 2.14. The van der Waals surface area contributed by atoms with Crippen LogP contribution in [0.5, 0.6) is 0 Å². The lowest BCUT2D eigenvalue weighted by Crippen LogP contribution is -2.50. The van der Waals surface area contributed by atoms with Crippen molar-refractivity contribution in [3.63, 3.8) is 0 Å². The Kier molecular flexibility index (Phi) is 4.47. The fourth-order valence-electron chi connectivity index (χ4n) is 2.47. The zero-order valence-electron chi connectivity index (χ0n) is 12.1. The first kappa shape index (κ1) is 15.3. The number of piperidine rings is 1. The Labute approximate surface area is 123 Å². The van der Waals surface area contributed by atoms with Gasteiger partial charge in [-0.3, -0.25) is 4.79 Å². The standard InChI is InChI=1S/C15H21N3O3/c1-15(21)7-9-18(10-8-15)13(19)12(17-14(16)20)11-5-3-2-4-6-11/h2-6,12,21H,7-10H2,1H3,(H3,16,17,20). The molecule has 0 radical (unpaired) electrons. The van der Waals surface area contributed by atoms with E-state index in [0.29, 0.717) is 31.5 Å². The van der Waals surface area contributed by atoms with Crippen LogP contribution in [0.1, 0.15) is 31.4 Å². The van der Waals surface area contributed by atoms with E-state index in [9.17, 15) is 14.7 Å². The highest BCUT2D eigenvalue weighted by atomic mass is 16.3. The number of aliphatic hydroxyl groups is 1. The van der Waals surface area contributed by atoms with E-state index in [4.69, 9.17) is 5.73 Å². The molecule has 1 aliphatic rings. The van der Waals surface area contributed by atoms with Crippen molar-refractivity contribution < 1.29 is 14.7 Å². The molecule has 1 aromatic rings. The fourth-order valence-corrected chi connectivity index (χ4v) is 2.47. The van der Waals surface area contributed by atoms with Crippen molar-refractivity contribution in [3.05, 3.63) is 35.9 Å². The number of hydrogen-bond donors (Lipinski definition) is 3. The van der Waals surface area contributed by atoms with Gasteiger partial charge in [-0.05, 0) is 25.3 Å². The van der Waals surface area contributed by atoms with Gasteiger partial charge in [-0.1, -0.05) is 30.3 Å². The van der Waals surface area contributed by atoms with E-state index in [-0.39, 0.29) is 5.91 Å². The Morgan fingerprint density at radius 1 is 1.29 bits per heavy atom. The lowest BCUT2D eigenvalue weighted by Gasteiger charge is -2.37. The Hall–Kier alpha value is -2.08. The summed E-state index contributed by atoms with van der Waals surface area (Å²) in [6, 6.07) is 7.48. The number of carbonyl (C=O) groups is 2. The van der Waals surface area contributed by atoms with Gasteiger partial charge in [-0.25, -0.2) is 4.79 Å². The van der Waals surface area contributed by atoms with Crippen molar-refractivity contribution in [2.24, 2.45) is 5.73 Å². The highest BCUT2D eigenvalue weighted by Gasteiger charge is 2.33. The maximum absolute atomic E-state index is 12.6. The molecular weight excluding hydrogens is 270 g/mol. The first-order chi connectivity index (χ1) is 9.89. The van der Waals surface area contributed by atoms with Gasteiger partial charge in [0.1, 0.15) is 6.04 Å². The van der Waals surface area contributed by atoms with Crippen molar-refractivity contribution in [1.29, 1.82) is 0 Å². The highest BCUT2D eigenvalue weighted by molar-refractivity contribution is 5.87. The predicted molar refractivity (Wildman–Crippen MR) is 78.3 cm³/mol. The van der Waals surface area contributed by atoms with Crippen molar-refractivity contribution in [2.45, 2.75) is 31.4 Å². The molecule has 1 aromatic carbocycles. The number of hydrogen-bond acceptors (Lipinski definition) is 3. The Morgan fingerprint density at radius 3 is 2.38 bits per heavy atom. The predicted octanol–water partition coefficient (Wildman–Crippen LogP) is 0.769. The molecule has 114 valence electrons. The van der Waals surface area contributed by atoms with Crippen molar-refractivity contribution >= 4 is 11.9 Å². The van der Waals surface area contributed by atoms with Crippen LogP contribution in [0.15, 0.2) is 30.3 Å². The van der Waals surface area contributed by atoms with Crippen LogP contribution in [0, 0.1) is 0 Å². The van der Waals surface area contributed by atoms with E-state index in [2.05, 4.69) is 5.32 Å². The van der Waals surface area contributed by atoms with Crippen molar-refractivity contribution in [3.8, 4) is 0 Å². The summed E-state index contributed by atoms with van der Waals surface area (Å²) in [5.74, 6) is -0.199. The molecule has 0 aromatic heterocycles. The minimum Gasteiger partial charge on any atom is -0.390 e. The maximum atomic E-state index is 12.6. The number of nitrogens with two attached hydrogens (primary N) is 1. The van der Waals surface area contributed by atoms with Crippen LogP contribution in [0.2, 0.25) is 0 Å². The summed E-state index contributed by atoms with van der Waals surface area (Å²) in [6.45, 7) is 2.70. The zero-order chi connectivity index (χ0) is 15.5. The third-order valence-electron chi connectivity index (χ3n) is 3.82. The molecule has 1 fully saturated rings. The number of rotatable bonds is 3. The normalized spacial score (nSPS) is 18.9. The smallest absolute Gasteiger partial charge is 0.313 e. The summed E-state index contributed by atoms with van der Waals surface area (Å²) in [5, 5.41) is 12.4. The average Bonchev–Trinajstić information content (AvgIpc) is 2.45. The summed E-state index contributed by atoms with van der Waals surface area (Å²) < 4.78 is 0. The van der Waals surface area contributed by atoms with E-state index in [1.165, 1.54) is 0 Å². The van der Waals surface area contributed by atoms with Gasteiger partial charge < -0.3 is 21.1 Å². The van der Waals surface area contributed by atoms with Crippen molar-refractivity contribution in [2.75, 3.05) is 13.1 Å². The molecule has 1 heterocycles. The summed E-state index contributed by atoms with van der Waals surface area (Å²) >= 11 is 0. The minimum absolute atomic E-state index is 0.199. The lowest BCUT2D eigenvalue weighted by atomic mass is 9.93. The molecule has 21 heavy (non-hydrogen) atoms. The minimum atomic E-state index is -0.785. The summed E-state index contributed by atoms with van der Waals surface area (Å²) in [6.07, 6.45) is 1.05. The summed E-state index contributed by atoms with van der Waals surface area (Å²) in [4.78, 5) is 25.5. The molecule has 0 saturated carbocycles. The first-order valence-electron chi connectivity index (χ1n) is 7.01. The number of urea groups is 1. The van der Waals surface area contributed by atoms with Crippen LogP contribution < -0.4 is 11.1 Å². The second-order valence-electron chi connectivity index (χ2n) is 5.67. The number of benzene rings is 1. The molecule has 1 unspecified atom stereocenters. The van der Waals surface area contributed by atoms with Gasteiger partial charge >= 0.3 is 6.03 Å². The molecule has 6 nitrogen and oxygen atoms in total. The molecular formula is C15H21N3O3. The molecule has 1 saturated heterocycles. The molecule has 1 aliphatic heterocycles. The lowest BCUT2D eigenvalue weighted by molar-refractivity contribution is -0.137. The second-order valence-corrected chi connectivity index (χ2v) is 5.67. The van der Waals surface area contributed by atoms with E-state index >= 15 is 0 Å². The number of carbonyl (C=O) groups excluding carboxylic acids is 2. The molecule has 1 atom stereocenters. The van der Waals surface area contributed by atoms with Crippen LogP contribution >= 0.6 is 0 Å². The Morgan fingerprint density at radius 2 is 1.86 bits per heavy atom. The van der Waals surface area contributed by atoms with Gasteiger partial charge in [0.2, 0.25) is 5.91 Å². The van der Waals surface area contributed by atoms with Crippen LogP contribution in [-0.2, 0) is 4.79 Å². The second kappa shape index (κ2) is 6.13. The topological polar surface area (TPSA) is 95.7 Å². The number of primary amides is 1. The van der Waals surface area contributed by atoms with Gasteiger partial charge in [0.15, 0.2) is 0 Å². The number of nitrogens with one attached hydrogen (secondary N) is 1. The van der Waals surface area contributed by atoms with Crippen LogP contribution in [-0.4, -0.2) is 40.6 Å². The van der Waals surface area contributed by atoms with Gasteiger partial charge in [0, 0.05) is 13.1 Å². The molecule has 2 rings (SSSR count). The largest absolute Gasteiger partial charge is 0.390 e. The zero-order valence-corrected chi connectivity index (χ0v) is 12.1. The van der Waals surface area contributed by atoms with Crippen molar-refractivity contribution in [1.82, 2.24) is 10.2 Å². The van der Waals surface area contributed by atoms with Crippen LogP contribution in [0.3, 0.4) is 0 Å². The monoisotopic (exact) mass is 291 g/mol. The fraction of sp³-hybridized carbons (Fsp3) is 0.467. The van der Waals surface area contributed by atoms with Gasteiger partial charge in [-0.15, -0.1) is 0 Å². The van der Waals surface area contributed by atoms with E-state index in [1.54, 1.807) is 36.1 Å². The Bertz CT molecular complexity index is 506. The van der Waals surface area contributed by atoms with Gasteiger partial charge in [0.05, 0.1) is 5.60 Å². The number of amides is 3. The molecule has 0 spiro atoms. The number of nitrogens with zero attached hydrogens (tertiary/aromatic N) is 1. The quantitative estimate of drug-likeness (QED) is 0.767. The van der Waals surface area contributed by atoms with Crippen LogP contribution in [0.4, 0.5) is 4.79 Å². The molecule has 3 amide bonds. The number of likely N-dealkylation sites (tertiary alicyclic amines) is 1. The van der Waals surface area contributed by atoms with Crippen LogP contribution in [0.25, 0.3) is 0 Å². The summed E-state index contributed by atoms with van der Waals surface area (Å²) in [5.41, 5.74) is 5.15. The van der Waals surface area contributed by atoms with E-state index in [0.717, 1.165) is 0 Å². The first-order valence-corrected chi connectivity index (χ1v) is 7.01. The van der Waals surface area contributed by atoms with E-state index < -0.39 is 17.7 Å². The molecule has 4 N–H and O–H groups in total. The molecule has 0 aliphatic carbocycles. The van der Waals surface area contributed by atoms with E-state index in [1.807, 2.05) is 6.07 Å². The highest BCUT2D eigenvalue weighted by Crippen LogP contribution is 2.24. The SMILES string of the molecule is CC1(O)CCN(C(=O)C(NC(N)=O)c2ccccc2)CC1. The van der Waals surface area contributed by atoms with Gasteiger partial charge in [0.25, 0.3) is 0 Å². The third-order valence-corrected chi connectivity index (χ3v) is 3.82. The molecule has 6 heteroatoms. The average molecular weight is 291 g/mol. The summed E-state index contributed by atoms with van der Waals surface area (Å²) in [7, 11) is 0. The molecule has 0 bridgehead atoms.